The van der Waals surface area contributed by atoms with Crippen LogP contribution >= 0.6 is 0 Å². The van der Waals surface area contributed by atoms with Gasteiger partial charge in [0.25, 0.3) is 0 Å². The summed E-state index contributed by atoms with van der Waals surface area (Å²) >= 11 is 0. The van der Waals surface area contributed by atoms with Crippen molar-refractivity contribution in [3.63, 3.8) is 0 Å². The zero-order valence-corrected chi connectivity index (χ0v) is 5.09. The van der Waals surface area contributed by atoms with Gasteiger partial charge in [-0.1, -0.05) is 0 Å². The highest BCUT2D eigenvalue weighted by Gasteiger charge is 2.23. The van der Waals surface area contributed by atoms with E-state index >= 15 is 0 Å². The summed E-state index contributed by atoms with van der Waals surface area (Å²) in [5.74, 6) is 0.103. The zero-order chi connectivity index (χ0) is 6.69. The fourth-order valence-corrected chi connectivity index (χ4v) is 0.874. The molecular formula is C6H9NO2. The third-order valence-electron chi connectivity index (χ3n) is 1.43. The van der Waals surface area contributed by atoms with Gasteiger partial charge >= 0.3 is 0 Å². The number of rotatable bonds is 3. The van der Waals surface area contributed by atoms with Gasteiger partial charge in [0.2, 0.25) is 5.91 Å². The topological polar surface area (TPSA) is 46.2 Å². The van der Waals surface area contributed by atoms with Crippen molar-refractivity contribution < 1.29 is 9.59 Å². The number of carbonyl (C=O) groups is 2. The number of hydrogen-bond donors (Lipinski definition) is 1. The van der Waals surface area contributed by atoms with E-state index in [9.17, 15) is 9.59 Å². The molecule has 1 aliphatic heterocycles. The molecule has 3 nitrogen and oxygen atoms in total. The minimum atomic E-state index is 0.103. The molecule has 0 spiro atoms. The van der Waals surface area contributed by atoms with Crippen molar-refractivity contribution in [2.24, 2.45) is 0 Å². The zero-order valence-electron chi connectivity index (χ0n) is 5.09. The molecule has 0 saturated carbocycles. The van der Waals surface area contributed by atoms with Gasteiger partial charge in [0, 0.05) is 18.9 Å². The molecule has 50 valence electrons. The van der Waals surface area contributed by atoms with Crippen LogP contribution in [0.5, 0.6) is 0 Å². The number of carbonyl (C=O) groups excluding carboxylic acids is 2. The normalized spacial score (nSPS) is 24.4. The molecule has 0 aromatic rings. The van der Waals surface area contributed by atoms with Crippen LogP contribution < -0.4 is 5.32 Å². The Morgan fingerprint density at radius 1 is 1.78 bits per heavy atom. The van der Waals surface area contributed by atoms with Crippen molar-refractivity contribution >= 4 is 12.2 Å². The van der Waals surface area contributed by atoms with E-state index in [4.69, 9.17) is 0 Å². The van der Waals surface area contributed by atoms with Crippen LogP contribution in [0.25, 0.3) is 0 Å². The summed E-state index contributed by atoms with van der Waals surface area (Å²) in [5.41, 5.74) is 0. The first-order valence-corrected chi connectivity index (χ1v) is 3.06. The summed E-state index contributed by atoms with van der Waals surface area (Å²) in [6.45, 7) is 0. The third kappa shape index (κ3) is 1.52. The van der Waals surface area contributed by atoms with Crippen molar-refractivity contribution in [1.82, 2.24) is 5.32 Å². The lowest BCUT2D eigenvalue weighted by Crippen LogP contribution is -2.48. The number of hydrogen-bond acceptors (Lipinski definition) is 2. The van der Waals surface area contributed by atoms with E-state index in [0.29, 0.717) is 12.8 Å². The number of β-lactam (4-membered cyclic amide) rings is 1. The molecule has 0 aliphatic carbocycles. The van der Waals surface area contributed by atoms with Gasteiger partial charge in [-0.15, -0.1) is 0 Å². The van der Waals surface area contributed by atoms with Crippen LogP contribution in [0, 0.1) is 0 Å². The fourth-order valence-electron chi connectivity index (χ4n) is 0.874. The maximum absolute atomic E-state index is 10.3. The molecule has 0 radical (unpaired) electrons. The SMILES string of the molecule is O=CCC[C@@H]1CC(=O)N1. The molecule has 3 heteroatoms. The predicted octanol–water partition coefficient (Wildman–Crippen LogP) is -0.146. The molecule has 1 amide bonds. The Kier molecular flexibility index (Phi) is 1.82. The van der Waals surface area contributed by atoms with Gasteiger partial charge in [-0.2, -0.15) is 0 Å². The second-order valence-electron chi connectivity index (χ2n) is 2.21. The first-order valence-electron chi connectivity index (χ1n) is 3.06. The second-order valence-corrected chi connectivity index (χ2v) is 2.21. The van der Waals surface area contributed by atoms with Gasteiger partial charge in [0.05, 0.1) is 0 Å². The van der Waals surface area contributed by atoms with Gasteiger partial charge in [-0.3, -0.25) is 4.79 Å². The standard InChI is InChI=1S/C6H9NO2/c8-3-1-2-5-4-6(9)7-5/h3,5H,1-2,4H2,(H,7,9)/t5-/m1/s1. The highest BCUT2D eigenvalue weighted by Crippen LogP contribution is 2.08. The molecule has 1 aliphatic rings. The lowest BCUT2D eigenvalue weighted by atomic mass is 10.0. The van der Waals surface area contributed by atoms with Crippen LogP contribution in [-0.4, -0.2) is 18.2 Å². The highest BCUT2D eigenvalue weighted by atomic mass is 16.2. The van der Waals surface area contributed by atoms with Crippen molar-refractivity contribution in [2.75, 3.05) is 0 Å². The lowest BCUT2D eigenvalue weighted by molar-refractivity contribution is -0.128. The molecule has 9 heavy (non-hydrogen) atoms. The fraction of sp³-hybridized carbons (Fsp3) is 0.667. The summed E-state index contributed by atoms with van der Waals surface area (Å²) in [7, 11) is 0. The first-order chi connectivity index (χ1) is 4.33. The Morgan fingerprint density at radius 2 is 2.44 bits per heavy atom. The van der Waals surface area contributed by atoms with Gasteiger partial charge in [-0.05, 0) is 6.42 Å². The van der Waals surface area contributed by atoms with Crippen molar-refractivity contribution in [1.29, 1.82) is 0 Å². The molecule has 0 unspecified atom stereocenters. The molecule has 1 N–H and O–H groups in total. The maximum atomic E-state index is 10.3. The monoisotopic (exact) mass is 127 g/mol. The van der Waals surface area contributed by atoms with Crippen molar-refractivity contribution in [3.8, 4) is 0 Å². The van der Waals surface area contributed by atoms with Crippen LogP contribution in [-0.2, 0) is 9.59 Å². The smallest absolute Gasteiger partial charge is 0.222 e. The summed E-state index contributed by atoms with van der Waals surface area (Å²) in [4.78, 5) is 20.1. The average molecular weight is 127 g/mol. The van der Waals surface area contributed by atoms with Gasteiger partial charge in [0.1, 0.15) is 6.29 Å². The Labute approximate surface area is 53.4 Å². The largest absolute Gasteiger partial charge is 0.353 e. The summed E-state index contributed by atoms with van der Waals surface area (Å²) < 4.78 is 0. The summed E-state index contributed by atoms with van der Waals surface area (Å²) in [6, 6.07) is 0.280. The minimum Gasteiger partial charge on any atom is -0.353 e. The molecule has 1 fully saturated rings. The Bertz CT molecular complexity index is 125. The van der Waals surface area contributed by atoms with Gasteiger partial charge in [0.15, 0.2) is 0 Å². The van der Waals surface area contributed by atoms with Gasteiger partial charge < -0.3 is 10.1 Å². The molecule has 1 atom stereocenters. The van der Waals surface area contributed by atoms with Crippen LogP contribution in [0.15, 0.2) is 0 Å². The maximum Gasteiger partial charge on any atom is 0.222 e. The van der Waals surface area contributed by atoms with E-state index < -0.39 is 0 Å². The molecular weight excluding hydrogens is 118 g/mol. The van der Waals surface area contributed by atoms with E-state index in [-0.39, 0.29) is 11.9 Å². The number of amides is 1. The minimum absolute atomic E-state index is 0.103. The Hall–Kier alpha value is -0.860. The number of nitrogens with one attached hydrogen (secondary N) is 1. The van der Waals surface area contributed by atoms with E-state index in [0.717, 1.165) is 12.7 Å². The summed E-state index contributed by atoms with van der Waals surface area (Å²) in [6.07, 6.45) is 2.85. The van der Waals surface area contributed by atoms with E-state index in [1.54, 1.807) is 0 Å². The summed E-state index contributed by atoms with van der Waals surface area (Å²) in [5, 5.41) is 2.68. The van der Waals surface area contributed by atoms with E-state index in [1.807, 2.05) is 0 Å². The molecule has 1 heterocycles. The molecule has 0 bridgehead atoms. The van der Waals surface area contributed by atoms with E-state index in [1.165, 1.54) is 0 Å². The van der Waals surface area contributed by atoms with Crippen LogP contribution in [0.4, 0.5) is 0 Å². The molecule has 0 aromatic carbocycles. The van der Waals surface area contributed by atoms with Crippen molar-refractivity contribution in [3.05, 3.63) is 0 Å². The molecule has 0 aromatic heterocycles. The highest BCUT2D eigenvalue weighted by molar-refractivity contribution is 5.82. The van der Waals surface area contributed by atoms with E-state index in [2.05, 4.69) is 5.32 Å². The van der Waals surface area contributed by atoms with Crippen LogP contribution in [0.2, 0.25) is 0 Å². The average Bonchev–Trinajstić information content (AvgIpc) is 1.78. The first kappa shape index (κ1) is 6.26. The van der Waals surface area contributed by atoms with Crippen LogP contribution in [0.1, 0.15) is 19.3 Å². The van der Waals surface area contributed by atoms with Gasteiger partial charge in [-0.25, -0.2) is 0 Å². The van der Waals surface area contributed by atoms with Crippen molar-refractivity contribution in [2.45, 2.75) is 25.3 Å². The Morgan fingerprint density at radius 3 is 2.89 bits per heavy atom. The molecule has 1 saturated heterocycles. The Balaban J connectivity index is 2.03. The second kappa shape index (κ2) is 2.62. The number of aldehydes is 1. The lowest BCUT2D eigenvalue weighted by Gasteiger charge is -2.25. The predicted molar refractivity (Wildman–Crippen MR) is 31.8 cm³/mol. The van der Waals surface area contributed by atoms with Crippen LogP contribution in [0.3, 0.4) is 0 Å². The quantitative estimate of drug-likeness (QED) is 0.423. The third-order valence-corrected chi connectivity index (χ3v) is 1.43. The molecule has 1 rings (SSSR count).